The van der Waals surface area contributed by atoms with E-state index in [1.54, 1.807) is 24.4 Å². The summed E-state index contributed by atoms with van der Waals surface area (Å²) in [5.74, 6) is -1.05. The highest BCUT2D eigenvalue weighted by Gasteiger charge is 2.11. The van der Waals surface area contributed by atoms with Crippen LogP contribution in [0.15, 0.2) is 42.6 Å². The van der Waals surface area contributed by atoms with Crippen molar-refractivity contribution in [2.75, 3.05) is 7.11 Å². The second-order valence-corrected chi connectivity index (χ2v) is 3.40. The van der Waals surface area contributed by atoms with Crippen LogP contribution < -0.4 is 0 Å². The summed E-state index contributed by atoms with van der Waals surface area (Å²) in [5, 5.41) is 0. The first-order valence-corrected chi connectivity index (χ1v) is 5.01. The fraction of sp³-hybridized carbons (Fsp3) is 0.0769. The third kappa shape index (κ3) is 2.30. The van der Waals surface area contributed by atoms with Crippen molar-refractivity contribution in [1.82, 2.24) is 4.98 Å². The van der Waals surface area contributed by atoms with E-state index in [0.717, 1.165) is 6.07 Å². The topological polar surface area (TPSA) is 39.2 Å². The summed E-state index contributed by atoms with van der Waals surface area (Å²) >= 11 is 0. The predicted octanol–water partition coefficient (Wildman–Crippen LogP) is 2.67. The normalized spacial score (nSPS) is 10.0. The van der Waals surface area contributed by atoms with Crippen LogP contribution in [0.3, 0.4) is 0 Å². The van der Waals surface area contributed by atoms with Crippen molar-refractivity contribution in [3.8, 4) is 11.3 Å². The van der Waals surface area contributed by atoms with Crippen molar-refractivity contribution >= 4 is 5.97 Å². The average molecular weight is 231 g/mol. The summed E-state index contributed by atoms with van der Waals surface area (Å²) in [6, 6.07) is 9.41. The van der Waals surface area contributed by atoms with Gasteiger partial charge in [-0.1, -0.05) is 6.07 Å². The molecule has 2 rings (SSSR count). The van der Waals surface area contributed by atoms with Crippen LogP contribution in [-0.4, -0.2) is 18.1 Å². The molecule has 0 atom stereocenters. The van der Waals surface area contributed by atoms with Crippen LogP contribution in [0.4, 0.5) is 4.39 Å². The molecule has 4 heteroatoms. The Balaban J connectivity index is 2.42. The van der Waals surface area contributed by atoms with E-state index in [9.17, 15) is 9.18 Å². The van der Waals surface area contributed by atoms with Crippen molar-refractivity contribution in [3.05, 3.63) is 54.0 Å². The van der Waals surface area contributed by atoms with E-state index in [2.05, 4.69) is 9.72 Å². The van der Waals surface area contributed by atoms with Crippen molar-refractivity contribution < 1.29 is 13.9 Å². The van der Waals surface area contributed by atoms with Gasteiger partial charge in [-0.15, -0.1) is 0 Å². The molecule has 1 heterocycles. The number of methoxy groups -OCH3 is 1. The van der Waals surface area contributed by atoms with Crippen LogP contribution in [-0.2, 0) is 4.74 Å². The predicted molar refractivity (Wildman–Crippen MR) is 61.0 cm³/mol. The van der Waals surface area contributed by atoms with Gasteiger partial charge in [0.2, 0.25) is 0 Å². The van der Waals surface area contributed by atoms with Crippen molar-refractivity contribution in [2.24, 2.45) is 0 Å². The van der Waals surface area contributed by atoms with Crippen LogP contribution >= 0.6 is 0 Å². The first kappa shape index (κ1) is 11.3. The highest BCUT2D eigenvalue weighted by atomic mass is 19.1. The molecule has 1 aromatic carbocycles. The van der Waals surface area contributed by atoms with E-state index < -0.39 is 11.8 Å². The second kappa shape index (κ2) is 4.74. The van der Waals surface area contributed by atoms with E-state index in [1.165, 1.54) is 19.2 Å². The van der Waals surface area contributed by atoms with Gasteiger partial charge in [0.25, 0.3) is 0 Å². The maximum absolute atomic E-state index is 13.8. The maximum atomic E-state index is 13.8. The maximum Gasteiger partial charge on any atom is 0.337 e. The summed E-state index contributed by atoms with van der Waals surface area (Å²) in [4.78, 5) is 15.3. The molecule has 0 bridgehead atoms. The molecule has 86 valence electrons. The summed E-state index contributed by atoms with van der Waals surface area (Å²) in [6.45, 7) is 0. The van der Waals surface area contributed by atoms with E-state index in [4.69, 9.17) is 0 Å². The van der Waals surface area contributed by atoms with E-state index >= 15 is 0 Å². The number of benzene rings is 1. The molecular formula is C13H10FNO2. The minimum atomic E-state index is -0.559. The van der Waals surface area contributed by atoms with Crippen molar-refractivity contribution in [3.63, 3.8) is 0 Å². The summed E-state index contributed by atoms with van der Waals surface area (Å²) in [6.07, 6.45) is 1.59. The smallest absolute Gasteiger partial charge is 0.337 e. The average Bonchev–Trinajstić information content (AvgIpc) is 2.38. The lowest BCUT2D eigenvalue weighted by Crippen LogP contribution is -2.02. The number of aromatic nitrogens is 1. The van der Waals surface area contributed by atoms with Crippen LogP contribution in [0.25, 0.3) is 11.3 Å². The highest BCUT2D eigenvalue weighted by Crippen LogP contribution is 2.21. The van der Waals surface area contributed by atoms with Gasteiger partial charge in [0.1, 0.15) is 5.82 Å². The Labute approximate surface area is 97.9 Å². The zero-order valence-electron chi connectivity index (χ0n) is 9.18. The van der Waals surface area contributed by atoms with Gasteiger partial charge in [0, 0.05) is 11.8 Å². The minimum absolute atomic E-state index is 0.185. The number of esters is 1. The molecule has 2 aromatic rings. The van der Waals surface area contributed by atoms with Gasteiger partial charge in [-0.25, -0.2) is 9.18 Å². The van der Waals surface area contributed by atoms with Gasteiger partial charge in [0.15, 0.2) is 0 Å². The van der Waals surface area contributed by atoms with Gasteiger partial charge < -0.3 is 4.74 Å². The number of ether oxygens (including phenoxy) is 1. The molecule has 17 heavy (non-hydrogen) atoms. The summed E-state index contributed by atoms with van der Waals surface area (Å²) < 4.78 is 18.3. The van der Waals surface area contributed by atoms with Crippen molar-refractivity contribution in [2.45, 2.75) is 0 Å². The molecule has 0 radical (unpaired) electrons. The number of hydrogen-bond donors (Lipinski definition) is 0. The Bertz CT molecular complexity index is 540. The Morgan fingerprint density at radius 2 is 2.12 bits per heavy atom. The van der Waals surface area contributed by atoms with Crippen LogP contribution in [0.1, 0.15) is 10.4 Å². The zero-order chi connectivity index (χ0) is 12.3. The monoisotopic (exact) mass is 231 g/mol. The lowest BCUT2D eigenvalue weighted by molar-refractivity contribution is 0.0600. The fourth-order valence-electron chi connectivity index (χ4n) is 1.49. The Morgan fingerprint density at radius 1 is 1.29 bits per heavy atom. The van der Waals surface area contributed by atoms with E-state index in [0.29, 0.717) is 11.3 Å². The molecule has 1 aromatic heterocycles. The van der Waals surface area contributed by atoms with Gasteiger partial charge in [-0.3, -0.25) is 4.98 Å². The molecule has 0 aliphatic carbocycles. The quantitative estimate of drug-likeness (QED) is 0.746. The van der Waals surface area contributed by atoms with Crippen LogP contribution in [0.5, 0.6) is 0 Å². The van der Waals surface area contributed by atoms with Crippen LogP contribution in [0.2, 0.25) is 0 Å². The van der Waals surface area contributed by atoms with Gasteiger partial charge >= 0.3 is 5.97 Å². The van der Waals surface area contributed by atoms with Gasteiger partial charge in [0.05, 0.1) is 18.4 Å². The molecule has 0 amide bonds. The lowest BCUT2D eigenvalue weighted by Gasteiger charge is -2.04. The highest BCUT2D eigenvalue weighted by molar-refractivity contribution is 5.89. The fourth-order valence-corrected chi connectivity index (χ4v) is 1.49. The number of nitrogens with zero attached hydrogens (tertiary/aromatic N) is 1. The first-order chi connectivity index (χ1) is 8.22. The third-order valence-corrected chi connectivity index (χ3v) is 2.33. The zero-order valence-corrected chi connectivity index (χ0v) is 9.18. The summed E-state index contributed by atoms with van der Waals surface area (Å²) in [7, 11) is 1.26. The molecule has 0 unspecified atom stereocenters. The molecule has 0 fully saturated rings. The Morgan fingerprint density at radius 3 is 2.71 bits per heavy atom. The number of halogens is 1. The van der Waals surface area contributed by atoms with Crippen LogP contribution in [0, 0.1) is 5.82 Å². The third-order valence-electron chi connectivity index (χ3n) is 2.33. The van der Waals surface area contributed by atoms with Gasteiger partial charge in [-0.2, -0.15) is 0 Å². The number of rotatable bonds is 2. The molecular weight excluding hydrogens is 221 g/mol. The number of carbonyl (C=O) groups is 1. The minimum Gasteiger partial charge on any atom is -0.465 e. The molecule has 3 nitrogen and oxygen atoms in total. The largest absolute Gasteiger partial charge is 0.465 e. The Kier molecular flexibility index (Phi) is 3.14. The molecule has 0 saturated heterocycles. The Hall–Kier alpha value is -2.23. The standard InChI is InChI=1S/C13H10FNO2/c1-17-13(16)9-5-6-10(11(14)8-9)12-4-2-3-7-15-12/h2-8H,1H3. The SMILES string of the molecule is COC(=O)c1ccc(-c2ccccn2)c(F)c1. The van der Waals surface area contributed by atoms with E-state index in [1.807, 2.05) is 0 Å². The van der Waals surface area contributed by atoms with Crippen molar-refractivity contribution in [1.29, 1.82) is 0 Å². The van der Waals surface area contributed by atoms with E-state index in [-0.39, 0.29) is 5.56 Å². The number of pyridine rings is 1. The molecule has 0 saturated carbocycles. The number of carbonyl (C=O) groups excluding carboxylic acids is 1. The molecule has 0 aliphatic heterocycles. The molecule has 0 N–H and O–H groups in total. The van der Waals surface area contributed by atoms with Gasteiger partial charge in [-0.05, 0) is 30.3 Å². The number of hydrogen-bond acceptors (Lipinski definition) is 3. The second-order valence-electron chi connectivity index (χ2n) is 3.40. The lowest BCUT2D eigenvalue weighted by atomic mass is 10.1. The molecule has 0 aliphatic rings. The molecule has 0 spiro atoms. The first-order valence-electron chi connectivity index (χ1n) is 5.01. The summed E-state index contributed by atoms with van der Waals surface area (Å²) in [5.41, 5.74) is 1.07.